The van der Waals surface area contributed by atoms with E-state index in [1.807, 2.05) is 12.1 Å². The number of methoxy groups -OCH3 is 1. The van der Waals surface area contributed by atoms with Gasteiger partial charge in [-0.25, -0.2) is 9.97 Å². The van der Waals surface area contributed by atoms with Crippen LogP contribution in [0.25, 0.3) is 20.4 Å². The fourth-order valence-corrected chi connectivity index (χ4v) is 7.21. The minimum Gasteiger partial charge on any atom is -0.494 e. The largest absolute Gasteiger partial charge is 0.494 e. The van der Waals surface area contributed by atoms with Gasteiger partial charge in [-0.2, -0.15) is 0 Å². The molecule has 0 unspecified atom stereocenters. The number of nitrogens with zero attached hydrogens (tertiary/aromatic N) is 7. The molecule has 0 aliphatic heterocycles. The van der Waals surface area contributed by atoms with Crippen LogP contribution in [0.2, 0.25) is 0 Å². The Hall–Kier alpha value is -2.93. The van der Waals surface area contributed by atoms with E-state index in [0.29, 0.717) is 11.7 Å². The molecule has 0 radical (unpaired) electrons. The molecule has 1 aliphatic rings. The Morgan fingerprint density at radius 1 is 1.07 bits per heavy atom. The minimum atomic E-state index is 0.00460. The van der Waals surface area contributed by atoms with E-state index in [1.165, 1.54) is 22.0 Å². The molecule has 1 N–H and O–H groups in total. The van der Waals surface area contributed by atoms with Crippen LogP contribution in [0.15, 0.2) is 18.5 Å². The third-order valence-electron chi connectivity index (χ3n) is 7.39. The van der Waals surface area contributed by atoms with Gasteiger partial charge in [-0.3, -0.25) is 4.79 Å². The van der Waals surface area contributed by atoms with E-state index < -0.39 is 0 Å². The van der Waals surface area contributed by atoms with Crippen LogP contribution in [-0.2, 0) is 17.6 Å². The normalized spacial score (nSPS) is 15.2. The zero-order valence-electron chi connectivity index (χ0n) is 23.9. The van der Waals surface area contributed by atoms with E-state index in [0.717, 1.165) is 90.2 Å². The first-order chi connectivity index (χ1) is 19.3. The summed E-state index contributed by atoms with van der Waals surface area (Å²) >= 11 is 3.04. The molecular formula is C28H38N8O2S2. The average molecular weight is 583 g/mol. The predicted molar refractivity (Wildman–Crippen MR) is 163 cm³/mol. The molecule has 0 saturated heterocycles. The highest BCUT2D eigenvalue weighted by molar-refractivity contribution is 7.19. The molecule has 5 rings (SSSR count). The van der Waals surface area contributed by atoms with E-state index in [9.17, 15) is 4.79 Å². The summed E-state index contributed by atoms with van der Waals surface area (Å²) in [6.45, 7) is 3.57. The number of rotatable bonds is 12. The van der Waals surface area contributed by atoms with Crippen molar-refractivity contribution in [1.82, 2.24) is 34.3 Å². The third kappa shape index (κ3) is 6.35. The molecule has 1 atom stereocenters. The first kappa shape index (κ1) is 28.6. The number of benzene rings is 1. The van der Waals surface area contributed by atoms with Crippen molar-refractivity contribution in [1.29, 1.82) is 0 Å². The molecule has 12 heteroatoms. The predicted octanol–water partition coefficient (Wildman–Crippen LogP) is 4.29. The number of aryl methyl sites for hydroxylation is 1. The summed E-state index contributed by atoms with van der Waals surface area (Å²) in [7, 11) is 9.98. The summed E-state index contributed by atoms with van der Waals surface area (Å²) in [6, 6.07) is 3.89. The fraction of sp³-hybridized carbons (Fsp3) is 0.536. The standard InChI is InChI=1S/C28H38N8O2S2/c1-34(2)10-6-12-36(13-7-11-35(3)4)28(37)18-8-9-19-23(14-18)39-27-25(19)26(29-17-30-27)31-20-16-24-21(32-33-40-24)15-22(20)38-5/h15-18H,6-14H2,1-5H3,(H,29,30,31)/t18-/m0/s1. The number of carbonyl (C=O) groups excluding carboxylic acids is 1. The number of nitrogens with one attached hydrogen (secondary N) is 1. The van der Waals surface area contributed by atoms with Crippen LogP contribution in [0, 0.1) is 5.92 Å². The zero-order valence-corrected chi connectivity index (χ0v) is 25.6. The molecule has 3 heterocycles. The molecular weight excluding hydrogens is 544 g/mol. The zero-order chi connectivity index (χ0) is 28.2. The van der Waals surface area contributed by atoms with E-state index in [4.69, 9.17) is 4.74 Å². The highest BCUT2D eigenvalue weighted by Crippen LogP contribution is 2.42. The van der Waals surface area contributed by atoms with E-state index in [-0.39, 0.29) is 5.92 Å². The second-order valence-corrected chi connectivity index (χ2v) is 12.8. The van der Waals surface area contributed by atoms with Crippen molar-refractivity contribution in [3.8, 4) is 5.75 Å². The Bertz CT molecular complexity index is 1450. The number of amides is 1. The van der Waals surface area contributed by atoms with E-state index >= 15 is 0 Å². The Morgan fingerprint density at radius 3 is 2.52 bits per heavy atom. The van der Waals surface area contributed by atoms with E-state index in [2.05, 4.69) is 67.8 Å². The summed E-state index contributed by atoms with van der Waals surface area (Å²) in [6.07, 6.45) is 6.01. The summed E-state index contributed by atoms with van der Waals surface area (Å²) < 4.78 is 10.7. The van der Waals surface area contributed by atoms with Crippen molar-refractivity contribution in [2.75, 3.05) is 66.8 Å². The van der Waals surface area contributed by atoms with Crippen LogP contribution in [0.1, 0.15) is 29.7 Å². The van der Waals surface area contributed by atoms with Crippen molar-refractivity contribution in [3.05, 3.63) is 28.9 Å². The van der Waals surface area contributed by atoms with Gasteiger partial charge in [0.15, 0.2) is 0 Å². The lowest BCUT2D eigenvalue weighted by atomic mass is 9.86. The second-order valence-electron chi connectivity index (χ2n) is 10.9. The summed E-state index contributed by atoms with van der Waals surface area (Å²) in [5.74, 6) is 1.74. The van der Waals surface area contributed by atoms with Crippen molar-refractivity contribution in [2.45, 2.75) is 32.1 Å². The number of aromatic nitrogens is 4. The maximum Gasteiger partial charge on any atom is 0.226 e. The summed E-state index contributed by atoms with van der Waals surface area (Å²) in [5, 5.41) is 8.71. The number of anilines is 2. The lowest BCUT2D eigenvalue weighted by Gasteiger charge is -2.30. The number of thiophene rings is 1. The minimum absolute atomic E-state index is 0.00460. The van der Waals surface area contributed by atoms with Gasteiger partial charge in [0.05, 0.1) is 22.9 Å². The van der Waals surface area contributed by atoms with Gasteiger partial charge >= 0.3 is 0 Å². The maximum absolute atomic E-state index is 13.8. The maximum atomic E-state index is 13.8. The molecule has 0 fully saturated rings. The van der Waals surface area contributed by atoms with Crippen LogP contribution in [0.5, 0.6) is 5.75 Å². The molecule has 1 aliphatic carbocycles. The summed E-state index contributed by atoms with van der Waals surface area (Å²) in [4.78, 5) is 31.7. The van der Waals surface area contributed by atoms with Gasteiger partial charge in [0.25, 0.3) is 0 Å². The van der Waals surface area contributed by atoms with Crippen molar-refractivity contribution in [3.63, 3.8) is 0 Å². The smallest absolute Gasteiger partial charge is 0.226 e. The SMILES string of the molecule is COc1cc2nnsc2cc1Nc1ncnc2sc3c(c12)CC[C@H](C(=O)N(CCCN(C)C)CCCN(C)C)C3. The Balaban J connectivity index is 1.36. The number of ether oxygens (including phenoxy) is 1. The number of carbonyl (C=O) groups is 1. The molecule has 0 spiro atoms. The van der Waals surface area contributed by atoms with Crippen LogP contribution in [0.4, 0.5) is 11.5 Å². The monoisotopic (exact) mass is 582 g/mol. The Kier molecular flexibility index (Phi) is 9.09. The van der Waals surface area contributed by atoms with E-state index in [1.54, 1.807) is 24.8 Å². The lowest BCUT2D eigenvalue weighted by Crippen LogP contribution is -2.40. The van der Waals surface area contributed by atoms with Crippen LogP contribution >= 0.6 is 22.9 Å². The molecule has 3 aromatic heterocycles. The van der Waals surface area contributed by atoms with Crippen molar-refractivity contribution >= 4 is 60.7 Å². The second kappa shape index (κ2) is 12.7. The Morgan fingerprint density at radius 2 is 1.82 bits per heavy atom. The topological polar surface area (TPSA) is 99.6 Å². The third-order valence-corrected chi connectivity index (χ3v) is 9.24. The van der Waals surface area contributed by atoms with Gasteiger partial charge in [-0.15, -0.1) is 16.4 Å². The lowest BCUT2D eigenvalue weighted by molar-refractivity contribution is -0.136. The molecule has 1 aromatic carbocycles. The van der Waals surface area contributed by atoms with Crippen molar-refractivity contribution < 1.29 is 9.53 Å². The van der Waals surface area contributed by atoms with Gasteiger partial charge in [0.1, 0.15) is 28.2 Å². The molecule has 10 nitrogen and oxygen atoms in total. The first-order valence-electron chi connectivity index (χ1n) is 13.7. The molecule has 40 heavy (non-hydrogen) atoms. The quantitative estimate of drug-likeness (QED) is 0.262. The highest BCUT2D eigenvalue weighted by Gasteiger charge is 2.31. The number of hydrogen-bond acceptors (Lipinski definition) is 11. The van der Waals surface area contributed by atoms with Crippen molar-refractivity contribution in [2.24, 2.45) is 5.92 Å². The molecule has 0 saturated carbocycles. The highest BCUT2D eigenvalue weighted by atomic mass is 32.1. The van der Waals surface area contributed by atoms with Crippen LogP contribution < -0.4 is 10.1 Å². The van der Waals surface area contributed by atoms with Crippen LogP contribution in [-0.4, -0.2) is 102 Å². The van der Waals surface area contributed by atoms with Gasteiger partial charge in [0, 0.05) is 30.0 Å². The average Bonchev–Trinajstić information content (AvgIpc) is 3.54. The first-order valence-corrected chi connectivity index (χ1v) is 15.3. The Labute approximate surface area is 243 Å². The van der Waals surface area contributed by atoms with Gasteiger partial charge in [0.2, 0.25) is 5.91 Å². The van der Waals surface area contributed by atoms with Gasteiger partial charge in [-0.1, -0.05) is 4.49 Å². The van der Waals surface area contributed by atoms with Gasteiger partial charge < -0.3 is 24.8 Å². The molecule has 0 bridgehead atoms. The number of hydrogen-bond donors (Lipinski definition) is 1. The fourth-order valence-electron chi connectivity index (χ4n) is 5.36. The number of fused-ring (bicyclic) bond motifs is 4. The van der Waals surface area contributed by atoms with Gasteiger partial charge in [-0.05, 0) is 96.5 Å². The molecule has 214 valence electrons. The summed E-state index contributed by atoms with van der Waals surface area (Å²) in [5.41, 5.74) is 2.88. The van der Waals surface area contributed by atoms with Crippen LogP contribution in [0.3, 0.4) is 0 Å². The molecule has 4 aromatic rings. The molecule has 1 amide bonds.